The molecule has 0 amide bonds. The van der Waals surface area contributed by atoms with E-state index in [1.165, 1.54) is 0 Å². The zero-order chi connectivity index (χ0) is 6.69. The van der Waals surface area contributed by atoms with Crippen molar-refractivity contribution in [1.29, 1.82) is 0 Å². The van der Waals surface area contributed by atoms with Crippen LogP contribution in [0.4, 0.5) is 0 Å². The Morgan fingerprint density at radius 1 is 1.78 bits per heavy atom. The summed E-state index contributed by atoms with van der Waals surface area (Å²) >= 11 is 0. The van der Waals surface area contributed by atoms with Crippen LogP contribution < -0.4 is 0 Å². The molecule has 0 aromatic heterocycles. The van der Waals surface area contributed by atoms with Crippen LogP contribution in [0.15, 0.2) is 11.6 Å². The molecule has 0 N–H and O–H groups in total. The second-order valence-electron chi connectivity index (χ2n) is 2.41. The second-order valence-corrected chi connectivity index (χ2v) is 2.41. The number of likely N-dealkylation sites (N-methyl/N-ethyl adjacent to an activating group) is 1. The molecule has 1 aliphatic heterocycles. The zero-order valence-corrected chi connectivity index (χ0v) is 5.63. The first-order chi connectivity index (χ1) is 4.33. The minimum atomic E-state index is 0.917. The van der Waals surface area contributed by atoms with E-state index < -0.39 is 0 Å². The minimum absolute atomic E-state index is 0.917. The zero-order valence-electron chi connectivity index (χ0n) is 5.63. The maximum atomic E-state index is 10.2. The van der Waals surface area contributed by atoms with Crippen molar-refractivity contribution in [1.82, 2.24) is 4.90 Å². The van der Waals surface area contributed by atoms with Gasteiger partial charge in [-0.2, -0.15) is 0 Å². The Balaban J connectivity index is 2.49. The fourth-order valence-electron chi connectivity index (χ4n) is 0.893. The van der Waals surface area contributed by atoms with E-state index in [0.717, 1.165) is 31.4 Å². The Kier molecular flexibility index (Phi) is 2.01. The first-order valence-corrected chi connectivity index (χ1v) is 3.15. The molecule has 0 saturated heterocycles. The van der Waals surface area contributed by atoms with Gasteiger partial charge in [0.25, 0.3) is 0 Å². The monoisotopic (exact) mass is 125 g/mol. The fraction of sp³-hybridized carbons (Fsp3) is 0.571. The van der Waals surface area contributed by atoms with Gasteiger partial charge in [-0.25, -0.2) is 0 Å². The van der Waals surface area contributed by atoms with Gasteiger partial charge in [0, 0.05) is 13.1 Å². The molecule has 0 saturated carbocycles. The van der Waals surface area contributed by atoms with Crippen molar-refractivity contribution in [2.24, 2.45) is 0 Å². The van der Waals surface area contributed by atoms with Crippen molar-refractivity contribution in [2.45, 2.75) is 6.42 Å². The van der Waals surface area contributed by atoms with Crippen molar-refractivity contribution in [3.63, 3.8) is 0 Å². The number of carbonyl (C=O) groups is 1. The molecule has 0 atom stereocenters. The van der Waals surface area contributed by atoms with Crippen LogP contribution in [-0.2, 0) is 4.79 Å². The molecular formula is C7H11NO. The molecule has 2 heteroatoms. The quantitative estimate of drug-likeness (QED) is 0.474. The maximum Gasteiger partial charge on any atom is 0.145 e. The summed E-state index contributed by atoms with van der Waals surface area (Å²) in [7, 11) is 2.05. The van der Waals surface area contributed by atoms with Gasteiger partial charge in [0.05, 0.1) is 0 Å². The van der Waals surface area contributed by atoms with Gasteiger partial charge in [-0.05, 0) is 19.0 Å². The summed E-state index contributed by atoms with van der Waals surface area (Å²) in [5, 5.41) is 0. The van der Waals surface area contributed by atoms with Crippen LogP contribution in [0, 0.1) is 0 Å². The van der Waals surface area contributed by atoms with Gasteiger partial charge in [0.2, 0.25) is 0 Å². The molecule has 0 aromatic carbocycles. The van der Waals surface area contributed by atoms with Gasteiger partial charge in [0.1, 0.15) is 6.29 Å². The molecule has 0 aromatic rings. The lowest BCUT2D eigenvalue weighted by molar-refractivity contribution is -0.105. The van der Waals surface area contributed by atoms with Crippen molar-refractivity contribution in [2.75, 3.05) is 20.1 Å². The molecule has 0 radical (unpaired) electrons. The highest BCUT2D eigenvalue weighted by molar-refractivity contribution is 5.73. The van der Waals surface area contributed by atoms with E-state index in [9.17, 15) is 4.79 Å². The largest absolute Gasteiger partial charge is 0.302 e. The van der Waals surface area contributed by atoms with Gasteiger partial charge in [-0.1, -0.05) is 6.08 Å². The van der Waals surface area contributed by atoms with Gasteiger partial charge in [-0.15, -0.1) is 0 Å². The van der Waals surface area contributed by atoms with E-state index in [1.807, 2.05) is 6.08 Å². The Hall–Kier alpha value is -0.630. The highest BCUT2D eigenvalue weighted by Crippen LogP contribution is 2.04. The topological polar surface area (TPSA) is 20.3 Å². The molecule has 0 fully saturated rings. The Bertz CT molecular complexity index is 140. The summed E-state index contributed by atoms with van der Waals surface area (Å²) in [5.74, 6) is 0. The summed E-state index contributed by atoms with van der Waals surface area (Å²) in [6.07, 6.45) is 3.85. The van der Waals surface area contributed by atoms with Gasteiger partial charge in [0.15, 0.2) is 0 Å². The lowest BCUT2D eigenvalue weighted by Crippen LogP contribution is -2.24. The van der Waals surface area contributed by atoms with Crippen molar-refractivity contribution in [3.05, 3.63) is 11.6 Å². The van der Waals surface area contributed by atoms with Crippen LogP contribution in [0.5, 0.6) is 0 Å². The van der Waals surface area contributed by atoms with Crippen molar-refractivity contribution >= 4 is 6.29 Å². The number of hydrogen-bond acceptors (Lipinski definition) is 2. The Labute approximate surface area is 55.2 Å². The van der Waals surface area contributed by atoms with E-state index in [2.05, 4.69) is 11.9 Å². The van der Waals surface area contributed by atoms with Crippen LogP contribution >= 0.6 is 0 Å². The highest BCUT2D eigenvalue weighted by atomic mass is 16.1. The van der Waals surface area contributed by atoms with Gasteiger partial charge >= 0.3 is 0 Å². The second kappa shape index (κ2) is 2.78. The molecule has 1 aliphatic rings. The average molecular weight is 125 g/mol. The molecule has 1 heterocycles. The van der Waals surface area contributed by atoms with Crippen LogP contribution in [0.25, 0.3) is 0 Å². The van der Waals surface area contributed by atoms with E-state index in [1.54, 1.807) is 0 Å². The average Bonchev–Trinajstić information content (AvgIpc) is 1.90. The summed E-state index contributed by atoms with van der Waals surface area (Å²) in [6.45, 7) is 1.94. The summed E-state index contributed by atoms with van der Waals surface area (Å²) < 4.78 is 0. The van der Waals surface area contributed by atoms with Crippen molar-refractivity contribution in [3.8, 4) is 0 Å². The van der Waals surface area contributed by atoms with E-state index in [0.29, 0.717) is 0 Å². The third-order valence-electron chi connectivity index (χ3n) is 1.60. The lowest BCUT2D eigenvalue weighted by atomic mass is 10.1. The molecule has 0 aliphatic carbocycles. The SMILES string of the molecule is CN1CC=C(C=O)CC1. The predicted molar refractivity (Wildman–Crippen MR) is 36.3 cm³/mol. The highest BCUT2D eigenvalue weighted by Gasteiger charge is 2.04. The Morgan fingerprint density at radius 2 is 2.56 bits per heavy atom. The van der Waals surface area contributed by atoms with Crippen molar-refractivity contribution < 1.29 is 4.79 Å². The number of rotatable bonds is 1. The third-order valence-corrected chi connectivity index (χ3v) is 1.60. The normalized spacial score (nSPS) is 21.2. The Morgan fingerprint density at radius 3 is 3.00 bits per heavy atom. The number of carbonyl (C=O) groups excluding carboxylic acids is 1. The molecular weight excluding hydrogens is 114 g/mol. The van der Waals surface area contributed by atoms with E-state index in [4.69, 9.17) is 0 Å². The third kappa shape index (κ3) is 1.64. The number of hydrogen-bond donors (Lipinski definition) is 0. The molecule has 50 valence electrons. The molecule has 0 spiro atoms. The number of nitrogens with zero attached hydrogens (tertiary/aromatic N) is 1. The maximum absolute atomic E-state index is 10.2. The summed E-state index contributed by atoms with van der Waals surface area (Å²) in [6, 6.07) is 0. The number of aldehydes is 1. The first-order valence-electron chi connectivity index (χ1n) is 3.15. The summed E-state index contributed by atoms with van der Waals surface area (Å²) in [4.78, 5) is 12.4. The molecule has 0 unspecified atom stereocenters. The molecule has 0 bridgehead atoms. The van der Waals surface area contributed by atoms with Crippen LogP contribution in [0.3, 0.4) is 0 Å². The molecule has 2 nitrogen and oxygen atoms in total. The van der Waals surface area contributed by atoms with Crippen LogP contribution in [-0.4, -0.2) is 31.3 Å². The van der Waals surface area contributed by atoms with Gasteiger partial charge < -0.3 is 4.90 Å². The lowest BCUT2D eigenvalue weighted by Gasteiger charge is -2.18. The summed E-state index contributed by atoms with van der Waals surface area (Å²) in [5.41, 5.74) is 0.952. The minimum Gasteiger partial charge on any atom is -0.302 e. The van der Waals surface area contributed by atoms with Gasteiger partial charge in [-0.3, -0.25) is 4.79 Å². The standard InChI is InChI=1S/C7H11NO/c1-8-4-2-7(6-9)3-5-8/h2,6H,3-5H2,1H3. The van der Waals surface area contributed by atoms with Crippen LogP contribution in [0.1, 0.15) is 6.42 Å². The smallest absolute Gasteiger partial charge is 0.145 e. The fourth-order valence-corrected chi connectivity index (χ4v) is 0.893. The van der Waals surface area contributed by atoms with E-state index in [-0.39, 0.29) is 0 Å². The molecule has 9 heavy (non-hydrogen) atoms. The first kappa shape index (κ1) is 6.49. The predicted octanol–water partition coefficient (Wildman–Crippen LogP) is 0.447. The molecule has 1 rings (SSSR count). The van der Waals surface area contributed by atoms with E-state index >= 15 is 0 Å². The van der Waals surface area contributed by atoms with Crippen LogP contribution in [0.2, 0.25) is 0 Å².